The minimum atomic E-state index is -0.288. The molecule has 0 aromatic rings. The van der Waals surface area contributed by atoms with E-state index in [1.807, 2.05) is 19.0 Å². The van der Waals surface area contributed by atoms with Gasteiger partial charge in [-0.05, 0) is 32.9 Å². The van der Waals surface area contributed by atoms with Crippen LogP contribution in [-0.4, -0.2) is 57.0 Å². The number of nitrogens with zero attached hydrogens (tertiary/aromatic N) is 2. The summed E-state index contributed by atoms with van der Waals surface area (Å²) in [7, 11) is 3.90. The lowest BCUT2D eigenvalue weighted by Crippen LogP contribution is -2.36. The molecule has 6 heteroatoms. The highest BCUT2D eigenvalue weighted by molar-refractivity contribution is 5.81. The largest absolute Gasteiger partial charge is 0.394 e. The van der Waals surface area contributed by atoms with Crippen molar-refractivity contribution < 1.29 is 14.3 Å². The van der Waals surface area contributed by atoms with Crippen LogP contribution in [0, 0.1) is 5.92 Å². The Hall–Kier alpha value is -0.850. The minimum Gasteiger partial charge on any atom is -0.394 e. The molecule has 110 valence electrons. The Morgan fingerprint density at radius 1 is 1.32 bits per heavy atom. The van der Waals surface area contributed by atoms with Gasteiger partial charge in [-0.2, -0.15) is 0 Å². The van der Waals surface area contributed by atoms with Gasteiger partial charge in [-0.3, -0.25) is 0 Å². The van der Waals surface area contributed by atoms with Gasteiger partial charge in [-0.15, -0.1) is 0 Å². The molecule has 0 aromatic heterocycles. The summed E-state index contributed by atoms with van der Waals surface area (Å²) >= 11 is 0. The predicted octanol–water partition coefficient (Wildman–Crippen LogP) is 0.770. The van der Waals surface area contributed by atoms with Gasteiger partial charge in [-0.1, -0.05) is 5.16 Å². The third kappa shape index (κ3) is 4.33. The highest BCUT2D eigenvalue weighted by Crippen LogP contribution is 2.38. The molecule has 6 nitrogen and oxygen atoms in total. The van der Waals surface area contributed by atoms with Gasteiger partial charge < -0.3 is 24.9 Å². The molecule has 2 N–H and O–H groups in total. The quantitative estimate of drug-likeness (QED) is 0.454. The van der Waals surface area contributed by atoms with Crippen LogP contribution in [0.5, 0.6) is 0 Å². The van der Waals surface area contributed by atoms with E-state index in [4.69, 9.17) is 20.0 Å². The van der Waals surface area contributed by atoms with Crippen LogP contribution in [0.3, 0.4) is 0 Å². The maximum atomic E-state index is 5.73. The molecule has 2 fully saturated rings. The van der Waals surface area contributed by atoms with E-state index in [1.54, 1.807) is 0 Å². The van der Waals surface area contributed by atoms with Gasteiger partial charge in [-0.25, -0.2) is 0 Å². The lowest BCUT2D eigenvalue weighted by Gasteiger charge is -2.34. The second-order valence-electron chi connectivity index (χ2n) is 5.67. The number of oxime groups is 1. The van der Waals surface area contributed by atoms with Crippen LogP contribution in [0.2, 0.25) is 0 Å². The molecule has 1 aliphatic heterocycles. The normalized spacial score (nSPS) is 24.3. The fourth-order valence-corrected chi connectivity index (χ4v) is 2.65. The summed E-state index contributed by atoms with van der Waals surface area (Å²) < 4.78 is 11.4. The van der Waals surface area contributed by atoms with Crippen molar-refractivity contribution in [3.63, 3.8) is 0 Å². The van der Waals surface area contributed by atoms with Crippen molar-refractivity contribution in [1.29, 1.82) is 0 Å². The number of hydrogen-bond acceptors (Lipinski definition) is 5. The van der Waals surface area contributed by atoms with Gasteiger partial charge in [0.25, 0.3) is 0 Å². The van der Waals surface area contributed by atoms with Crippen molar-refractivity contribution in [2.75, 3.05) is 40.5 Å². The van der Waals surface area contributed by atoms with Gasteiger partial charge in [0.15, 0.2) is 11.6 Å². The first-order valence-corrected chi connectivity index (χ1v) is 6.97. The summed E-state index contributed by atoms with van der Waals surface area (Å²) in [6, 6.07) is 0. The van der Waals surface area contributed by atoms with E-state index in [2.05, 4.69) is 5.16 Å². The first-order valence-electron chi connectivity index (χ1n) is 6.97. The predicted molar refractivity (Wildman–Crippen MR) is 72.7 cm³/mol. The van der Waals surface area contributed by atoms with Gasteiger partial charge in [0.05, 0.1) is 19.8 Å². The molecular formula is C13H25N3O3. The summed E-state index contributed by atoms with van der Waals surface area (Å²) in [4.78, 5) is 7.30. The van der Waals surface area contributed by atoms with E-state index in [1.165, 1.54) is 0 Å². The van der Waals surface area contributed by atoms with E-state index >= 15 is 0 Å². The fourth-order valence-electron chi connectivity index (χ4n) is 2.65. The lowest BCUT2D eigenvalue weighted by molar-refractivity contribution is -0.184. The Morgan fingerprint density at radius 2 is 1.95 bits per heavy atom. The molecule has 19 heavy (non-hydrogen) atoms. The van der Waals surface area contributed by atoms with E-state index in [-0.39, 0.29) is 5.79 Å². The molecular weight excluding hydrogens is 246 g/mol. The maximum absolute atomic E-state index is 5.73. The minimum absolute atomic E-state index is 0.288. The third-order valence-electron chi connectivity index (χ3n) is 3.65. The molecule has 0 bridgehead atoms. The van der Waals surface area contributed by atoms with Crippen LogP contribution >= 0.6 is 0 Å². The summed E-state index contributed by atoms with van der Waals surface area (Å²) in [5, 5.41) is 3.94. The molecule has 2 rings (SSSR count). The Morgan fingerprint density at radius 3 is 2.53 bits per heavy atom. The van der Waals surface area contributed by atoms with Crippen molar-refractivity contribution in [2.24, 2.45) is 16.8 Å². The first kappa shape index (κ1) is 14.6. The molecule has 0 radical (unpaired) electrons. The first-order chi connectivity index (χ1) is 9.10. The van der Waals surface area contributed by atoms with Gasteiger partial charge in [0.2, 0.25) is 0 Å². The highest BCUT2D eigenvalue weighted by Gasteiger charge is 2.40. The van der Waals surface area contributed by atoms with Gasteiger partial charge in [0.1, 0.15) is 6.61 Å². The summed E-state index contributed by atoms with van der Waals surface area (Å²) in [5.41, 5.74) is 5.73. The standard InChI is InChI=1S/C13H25N3O3/c1-16(2)9-12(14)15-19-10-11-3-5-13(6-4-11)17-7-8-18-13/h11H,3-10H2,1-2H3,(H2,14,15). The monoisotopic (exact) mass is 271 g/mol. The number of nitrogens with two attached hydrogens (primary N) is 1. The number of likely N-dealkylation sites (N-methyl/N-ethyl adjacent to an activating group) is 1. The molecule has 1 heterocycles. The molecule has 1 aliphatic carbocycles. The van der Waals surface area contributed by atoms with Crippen LogP contribution < -0.4 is 5.73 Å². The van der Waals surface area contributed by atoms with E-state index in [0.717, 1.165) is 38.9 Å². The van der Waals surface area contributed by atoms with Crippen molar-refractivity contribution in [2.45, 2.75) is 31.5 Å². The Labute approximate surface area is 114 Å². The van der Waals surface area contributed by atoms with Crippen LogP contribution in [0.15, 0.2) is 5.16 Å². The number of amidine groups is 1. The molecule has 0 unspecified atom stereocenters. The van der Waals surface area contributed by atoms with Crippen molar-refractivity contribution in [3.05, 3.63) is 0 Å². The fraction of sp³-hybridized carbons (Fsp3) is 0.923. The molecule has 2 aliphatic rings. The second-order valence-corrected chi connectivity index (χ2v) is 5.67. The Bertz CT molecular complexity index is 304. The van der Waals surface area contributed by atoms with Crippen LogP contribution in [0.25, 0.3) is 0 Å². The zero-order chi connectivity index (χ0) is 13.7. The number of rotatable bonds is 5. The van der Waals surface area contributed by atoms with Crippen LogP contribution in [0.1, 0.15) is 25.7 Å². The molecule has 1 spiro atoms. The smallest absolute Gasteiger partial charge is 0.168 e. The summed E-state index contributed by atoms with van der Waals surface area (Å²) in [5.74, 6) is 0.748. The molecule has 0 amide bonds. The van der Waals surface area contributed by atoms with E-state index in [9.17, 15) is 0 Å². The maximum Gasteiger partial charge on any atom is 0.168 e. The zero-order valence-electron chi connectivity index (χ0n) is 11.9. The van der Waals surface area contributed by atoms with Gasteiger partial charge in [0, 0.05) is 12.8 Å². The van der Waals surface area contributed by atoms with Crippen LogP contribution in [-0.2, 0) is 14.3 Å². The Kier molecular flexibility index (Phi) is 5.01. The average molecular weight is 271 g/mol. The molecule has 1 saturated carbocycles. The molecule has 0 aromatic carbocycles. The second kappa shape index (κ2) is 6.54. The summed E-state index contributed by atoms with van der Waals surface area (Å²) in [6.07, 6.45) is 4.03. The average Bonchev–Trinajstić information content (AvgIpc) is 2.80. The zero-order valence-corrected chi connectivity index (χ0v) is 11.9. The lowest BCUT2D eigenvalue weighted by atomic mass is 9.85. The van der Waals surface area contributed by atoms with E-state index < -0.39 is 0 Å². The van der Waals surface area contributed by atoms with Crippen molar-refractivity contribution >= 4 is 5.84 Å². The molecule has 1 saturated heterocycles. The van der Waals surface area contributed by atoms with Crippen LogP contribution in [0.4, 0.5) is 0 Å². The third-order valence-corrected chi connectivity index (χ3v) is 3.65. The topological polar surface area (TPSA) is 69.3 Å². The SMILES string of the molecule is CN(C)C/C(N)=N/OCC1CCC2(CC1)OCCO2. The van der Waals surface area contributed by atoms with Crippen molar-refractivity contribution in [3.8, 4) is 0 Å². The molecule has 0 atom stereocenters. The summed E-state index contributed by atoms with van der Waals surface area (Å²) in [6.45, 7) is 2.71. The number of hydrogen-bond donors (Lipinski definition) is 1. The van der Waals surface area contributed by atoms with Gasteiger partial charge >= 0.3 is 0 Å². The van der Waals surface area contributed by atoms with Crippen molar-refractivity contribution in [1.82, 2.24) is 4.90 Å². The Balaban J connectivity index is 1.65. The highest BCUT2D eigenvalue weighted by atomic mass is 16.7. The number of ether oxygens (including phenoxy) is 2. The van der Waals surface area contributed by atoms with E-state index in [0.29, 0.717) is 24.9 Å².